The normalized spacial score (nSPS) is 11.9. The van der Waals surface area contributed by atoms with Crippen molar-refractivity contribution in [1.82, 2.24) is 0 Å². The number of hydrogen-bond donors (Lipinski definition) is 0. The zero-order chi connectivity index (χ0) is 18.4. The third-order valence-electron chi connectivity index (χ3n) is 3.28. The van der Waals surface area contributed by atoms with Gasteiger partial charge in [-0.15, -0.1) is 0 Å². The molecule has 0 aliphatic heterocycles. The molecule has 0 fully saturated rings. The maximum atomic E-state index is 12.9. The van der Waals surface area contributed by atoms with Crippen LogP contribution in [-0.2, 0) is 9.53 Å². The summed E-state index contributed by atoms with van der Waals surface area (Å²) in [5.41, 5.74) is 0.573. The van der Waals surface area contributed by atoms with Crippen LogP contribution in [0.1, 0.15) is 22.8 Å². The third-order valence-corrected chi connectivity index (χ3v) is 3.28. The molecule has 0 saturated heterocycles. The number of hydrogen-bond acceptors (Lipinski definition) is 5. The molecule has 25 heavy (non-hydrogen) atoms. The number of ketones is 1. The number of nitrogens with zero attached hydrogens (tertiary/aromatic N) is 1. The Bertz CT molecular complexity index is 830. The zero-order valence-electron chi connectivity index (χ0n) is 13.2. The van der Waals surface area contributed by atoms with Crippen LogP contribution in [0.4, 0.5) is 10.1 Å². The van der Waals surface area contributed by atoms with Crippen LogP contribution in [0.15, 0.2) is 54.6 Å². The van der Waals surface area contributed by atoms with E-state index in [1.54, 1.807) is 6.07 Å². The Hall–Kier alpha value is -3.35. The number of non-ortho nitro benzene ring substituents is 1. The minimum absolute atomic E-state index is 0.102. The summed E-state index contributed by atoms with van der Waals surface area (Å²) in [7, 11) is 0. The van der Waals surface area contributed by atoms with Crippen LogP contribution < -0.4 is 0 Å². The highest BCUT2D eigenvalue weighted by atomic mass is 19.1. The Kier molecular flexibility index (Phi) is 5.73. The number of ether oxygens (including phenoxy) is 1. The Balaban J connectivity index is 1.99. The summed E-state index contributed by atoms with van der Waals surface area (Å²) < 4.78 is 17.8. The standard InChI is InChI=1S/C18H14FNO5/c1-12(18(22)14-6-8-15(19)9-7-14)25-17(21)10-5-13-3-2-4-16(11-13)20(23)24/h2-12H,1H3/b10-5+. The topological polar surface area (TPSA) is 86.5 Å². The first kappa shape index (κ1) is 18.0. The molecular weight excluding hydrogens is 329 g/mol. The van der Waals surface area contributed by atoms with Crippen molar-refractivity contribution in [2.45, 2.75) is 13.0 Å². The monoisotopic (exact) mass is 343 g/mol. The number of nitro groups is 1. The van der Waals surface area contributed by atoms with E-state index in [2.05, 4.69) is 0 Å². The van der Waals surface area contributed by atoms with E-state index in [0.29, 0.717) is 5.56 Å². The van der Waals surface area contributed by atoms with Gasteiger partial charge < -0.3 is 4.74 Å². The van der Waals surface area contributed by atoms with E-state index in [0.717, 1.165) is 18.2 Å². The van der Waals surface area contributed by atoms with Gasteiger partial charge in [0.2, 0.25) is 5.78 Å². The van der Waals surface area contributed by atoms with Crippen LogP contribution in [-0.4, -0.2) is 22.8 Å². The van der Waals surface area contributed by atoms with Crippen LogP contribution in [0, 0.1) is 15.9 Å². The summed E-state index contributed by atoms with van der Waals surface area (Å²) >= 11 is 0. The summed E-state index contributed by atoms with van der Waals surface area (Å²) in [5, 5.41) is 10.7. The SMILES string of the molecule is CC(OC(=O)/C=C/c1cccc([N+](=O)[O-])c1)C(=O)c1ccc(F)cc1. The maximum absolute atomic E-state index is 12.9. The van der Waals surface area contributed by atoms with Crippen molar-refractivity contribution in [3.05, 3.63) is 81.7 Å². The number of halogens is 1. The minimum Gasteiger partial charge on any atom is -0.451 e. The first-order chi connectivity index (χ1) is 11.9. The molecule has 2 aromatic carbocycles. The number of rotatable bonds is 6. The number of Topliss-reactive ketones (excluding diaryl/α,β-unsaturated/α-hetero) is 1. The van der Waals surface area contributed by atoms with Gasteiger partial charge in [0.05, 0.1) is 4.92 Å². The molecule has 0 aliphatic carbocycles. The predicted molar refractivity (Wildman–Crippen MR) is 88.4 cm³/mol. The van der Waals surface area contributed by atoms with E-state index in [-0.39, 0.29) is 11.3 Å². The van der Waals surface area contributed by atoms with Crippen LogP contribution in [0.3, 0.4) is 0 Å². The van der Waals surface area contributed by atoms with Crippen molar-refractivity contribution < 1.29 is 23.6 Å². The second kappa shape index (κ2) is 7.96. The highest BCUT2D eigenvalue weighted by Gasteiger charge is 2.18. The molecular formula is C18H14FNO5. The van der Waals surface area contributed by atoms with Gasteiger partial charge in [-0.3, -0.25) is 14.9 Å². The summed E-state index contributed by atoms with van der Waals surface area (Å²) in [6.45, 7) is 1.41. The molecule has 0 spiro atoms. The van der Waals surface area contributed by atoms with E-state index < -0.39 is 28.6 Å². The first-order valence-corrected chi connectivity index (χ1v) is 7.30. The molecule has 6 nitrogen and oxygen atoms in total. The van der Waals surface area contributed by atoms with Gasteiger partial charge in [-0.1, -0.05) is 12.1 Å². The van der Waals surface area contributed by atoms with Gasteiger partial charge in [-0.05, 0) is 42.8 Å². The minimum atomic E-state index is -1.05. The molecule has 128 valence electrons. The van der Waals surface area contributed by atoms with Gasteiger partial charge in [0.1, 0.15) is 5.82 Å². The molecule has 7 heteroatoms. The van der Waals surface area contributed by atoms with Crippen LogP contribution >= 0.6 is 0 Å². The second-order valence-corrected chi connectivity index (χ2v) is 5.14. The molecule has 0 bridgehead atoms. The van der Waals surface area contributed by atoms with Gasteiger partial charge >= 0.3 is 5.97 Å². The first-order valence-electron chi connectivity index (χ1n) is 7.30. The van der Waals surface area contributed by atoms with E-state index in [9.17, 15) is 24.1 Å². The average molecular weight is 343 g/mol. The van der Waals surface area contributed by atoms with Crippen molar-refractivity contribution >= 4 is 23.5 Å². The Morgan fingerprint density at radius 2 is 1.88 bits per heavy atom. The van der Waals surface area contributed by atoms with Crippen molar-refractivity contribution in [3.8, 4) is 0 Å². The molecule has 0 aliphatic rings. The van der Waals surface area contributed by atoms with Gasteiger partial charge in [0, 0.05) is 23.8 Å². The lowest BCUT2D eigenvalue weighted by molar-refractivity contribution is -0.384. The molecule has 2 aromatic rings. The summed E-state index contributed by atoms with van der Waals surface area (Å²) in [5.74, 6) is -1.70. The fourth-order valence-electron chi connectivity index (χ4n) is 2.02. The number of benzene rings is 2. The van der Waals surface area contributed by atoms with Crippen LogP contribution in [0.5, 0.6) is 0 Å². The fourth-order valence-corrected chi connectivity index (χ4v) is 2.02. The van der Waals surface area contributed by atoms with Crippen molar-refractivity contribution in [1.29, 1.82) is 0 Å². The van der Waals surface area contributed by atoms with Gasteiger partial charge in [0.25, 0.3) is 5.69 Å². The van der Waals surface area contributed by atoms with Crippen molar-refractivity contribution in [2.75, 3.05) is 0 Å². The lowest BCUT2D eigenvalue weighted by Gasteiger charge is -2.10. The fraction of sp³-hybridized carbons (Fsp3) is 0.111. The van der Waals surface area contributed by atoms with Crippen molar-refractivity contribution in [2.24, 2.45) is 0 Å². The lowest BCUT2D eigenvalue weighted by Crippen LogP contribution is -2.23. The zero-order valence-corrected chi connectivity index (χ0v) is 13.2. The van der Waals surface area contributed by atoms with E-state index in [4.69, 9.17) is 4.74 Å². The number of carbonyl (C=O) groups excluding carboxylic acids is 2. The van der Waals surface area contributed by atoms with E-state index in [1.807, 2.05) is 0 Å². The Morgan fingerprint density at radius 3 is 2.52 bits per heavy atom. The summed E-state index contributed by atoms with van der Waals surface area (Å²) in [6.07, 6.45) is 1.38. The molecule has 0 saturated carbocycles. The molecule has 0 radical (unpaired) electrons. The summed E-state index contributed by atoms with van der Waals surface area (Å²) in [6, 6.07) is 10.6. The number of esters is 1. The highest BCUT2D eigenvalue weighted by molar-refractivity contribution is 6.01. The molecule has 1 atom stereocenters. The summed E-state index contributed by atoms with van der Waals surface area (Å²) in [4.78, 5) is 34.0. The Morgan fingerprint density at radius 1 is 1.20 bits per heavy atom. The largest absolute Gasteiger partial charge is 0.451 e. The van der Waals surface area contributed by atoms with E-state index in [1.165, 1.54) is 43.3 Å². The van der Waals surface area contributed by atoms with Crippen LogP contribution in [0.25, 0.3) is 6.08 Å². The molecule has 0 aromatic heterocycles. The van der Waals surface area contributed by atoms with Gasteiger partial charge in [-0.2, -0.15) is 0 Å². The predicted octanol–water partition coefficient (Wildman–Crippen LogP) is 3.56. The van der Waals surface area contributed by atoms with Gasteiger partial charge in [0.15, 0.2) is 6.10 Å². The lowest BCUT2D eigenvalue weighted by atomic mass is 10.1. The smallest absolute Gasteiger partial charge is 0.331 e. The van der Waals surface area contributed by atoms with Crippen molar-refractivity contribution in [3.63, 3.8) is 0 Å². The molecule has 2 rings (SSSR count). The molecule has 0 heterocycles. The quantitative estimate of drug-likeness (QED) is 0.263. The number of carbonyl (C=O) groups is 2. The number of nitro benzene ring substituents is 1. The maximum Gasteiger partial charge on any atom is 0.331 e. The van der Waals surface area contributed by atoms with Crippen LogP contribution in [0.2, 0.25) is 0 Å². The van der Waals surface area contributed by atoms with Gasteiger partial charge in [-0.25, -0.2) is 9.18 Å². The third kappa shape index (κ3) is 5.07. The average Bonchev–Trinajstić information content (AvgIpc) is 2.60. The van der Waals surface area contributed by atoms with E-state index >= 15 is 0 Å². The molecule has 0 N–H and O–H groups in total. The highest BCUT2D eigenvalue weighted by Crippen LogP contribution is 2.14. The Labute approximate surface area is 142 Å². The molecule has 1 unspecified atom stereocenters. The molecule has 0 amide bonds. The second-order valence-electron chi connectivity index (χ2n) is 5.14.